The highest BCUT2D eigenvalue weighted by molar-refractivity contribution is 5.85. The summed E-state index contributed by atoms with van der Waals surface area (Å²) in [6, 6.07) is 15.1. The molecule has 5 rings (SSSR count). The first kappa shape index (κ1) is 33.0. The monoisotopic (exact) mass is 567 g/mol. The number of rotatable bonds is 7. The lowest BCUT2D eigenvalue weighted by Crippen LogP contribution is -2.34. The van der Waals surface area contributed by atoms with Crippen molar-refractivity contribution < 1.29 is 0 Å². The van der Waals surface area contributed by atoms with Gasteiger partial charge >= 0.3 is 0 Å². The van der Waals surface area contributed by atoms with Gasteiger partial charge in [-0.1, -0.05) is 115 Å². The lowest BCUT2D eigenvalue weighted by atomic mass is 9.99. The second-order valence-corrected chi connectivity index (χ2v) is 11.3. The molecule has 3 aromatic rings. The summed E-state index contributed by atoms with van der Waals surface area (Å²) in [5, 5.41) is 6.06. The maximum Gasteiger partial charge on any atom is 0.139 e. The number of nitrogens with one attached hydrogen (secondary N) is 1. The van der Waals surface area contributed by atoms with Crippen LogP contribution in [0.25, 0.3) is 10.8 Å². The molecule has 226 valence electrons. The van der Waals surface area contributed by atoms with Crippen molar-refractivity contribution in [2.45, 2.75) is 93.0 Å². The molecule has 5 heteroatoms. The number of aromatic nitrogens is 2. The fraction of sp³-hybridized carbons (Fsp3) is 0.486. The van der Waals surface area contributed by atoms with Gasteiger partial charge in [-0.3, -0.25) is 4.99 Å². The Kier molecular flexibility index (Phi) is 13.7. The van der Waals surface area contributed by atoms with Gasteiger partial charge in [0.15, 0.2) is 0 Å². The molecule has 2 aromatic carbocycles. The van der Waals surface area contributed by atoms with Gasteiger partial charge in [0.2, 0.25) is 0 Å². The topological polar surface area (TPSA) is 53.4 Å². The molecule has 42 heavy (non-hydrogen) atoms. The van der Waals surface area contributed by atoms with Crippen LogP contribution in [0.1, 0.15) is 97.0 Å². The Hall–Kier alpha value is -3.47. The number of piperidine rings is 1. The van der Waals surface area contributed by atoms with Crippen LogP contribution in [0.2, 0.25) is 0 Å². The third-order valence-corrected chi connectivity index (χ3v) is 7.81. The average Bonchev–Trinajstić information content (AvgIpc) is 3.12. The average molecular weight is 568 g/mol. The number of allylic oxidation sites excluding steroid dienone is 2. The minimum absolute atomic E-state index is 0.560. The lowest BCUT2D eigenvalue weighted by Gasteiger charge is -2.33. The van der Waals surface area contributed by atoms with Crippen molar-refractivity contribution in [1.29, 1.82) is 0 Å². The van der Waals surface area contributed by atoms with E-state index in [2.05, 4.69) is 86.1 Å². The van der Waals surface area contributed by atoms with Crippen LogP contribution in [0.3, 0.4) is 0 Å². The molecular weight excluding hydrogens is 514 g/mol. The standard InChI is InChI=1S/C29H33N5.C6H14.C2H6/c1-20(2)25-10-13-31-28-26(19-30-18-25)29(34-14-11-21(3)12-15-34)33-27(32-28)17-22-8-9-23-6-4-5-7-24(23)16-22;1-3-5-6-4-2;1-2/h4-10,16,18,21H,1,11-15,17,19H2,2-3H3,(H,31,32,33);3-6H2,1-2H3;1-2H3/b25-10+,30-18?;;. The molecule has 1 N–H and O–H groups in total. The smallest absolute Gasteiger partial charge is 0.139 e. The highest BCUT2D eigenvalue weighted by atomic mass is 15.2. The third-order valence-electron chi connectivity index (χ3n) is 7.81. The van der Waals surface area contributed by atoms with Gasteiger partial charge in [0, 0.05) is 32.3 Å². The zero-order valence-electron chi connectivity index (χ0n) is 27.0. The second-order valence-electron chi connectivity index (χ2n) is 11.3. The van der Waals surface area contributed by atoms with Gasteiger partial charge in [0.1, 0.15) is 17.5 Å². The molecule has 1 aromatic heterocycles. The highest BCUT2D eigenvalue weighted by Crippen LogP contribution is 2.30. The number of benzene rings is 2. The van der Waals surface area contributed by atoms with E-state index in [9.17, 15) is 0 Å². The van der Waals surface area contributed by atoms with E-state index >= 15 is 0 Å². The minimum Gasteiger partial charge on any atom is -0.366 e. The Bertz CT molecular complexity index is 1330. The third kappa shape index (κ3) is 9.54. The molecule has 0 saturated carbocycles. The van der Waals surface area contributed by atoms with Crippen molar-refractivity contribution in [2.75, 3.05) is 29.9 Å². The van der Waals surface area contributed by atoms with Crippen molar-refractivity contribution in [3.05, 3.63) is 83.2 Å². The SMILES string of the molecule is C=C(C)/C1=C/CNc2nc(Cc3ccc4ccccc4c3)nc(N3CCC(C)CC3)c2CN=C1.CC.CCCCCC. The van der Waals surface area contributed by atoms with Crippen LogP contribution in [0.5, 0.6) is 0 Å². The van der Waals surface area contributed by atoms with E-state index in [0.717, 1.165) is 53.2 Å². The van der Waals surface area contributed by atoms with Gasteiger partial charge in [-0.05, 0) is 53.2 Å². The van der Waals surface area contributed by atoms with Crippen LogP contribution in [-0.2, 0) is 13.0 Å². The first-order valence-electron chi connectivity index (χ1n) is 16.2. The molecule has 0 atom stereocenters. The van der Waals surface area contributed by atoms with Gasteiger partial charge in [-0.2, -0.15) is 0 Å². The number of hydrogen-bond acceptors (Lipinski definition) is 5. The summed E-state index contributed by atoms with van der Waals surface area (Å²) in [5.74, 6) is 3.55. The molecule has 2 aliphatic heterocycles. The van der Waals surface area contributed by atoms with E-state index in [-0.39, 0.29) is 0 Å². The molecular formula is C37H53N5. The molecule has 0 bridgehead atoms. The Morgan fingerprint density at radius 1 is 0.976 bits per heavy atom. The zero-order valence-corrected chi connectivity index (χ0v) is 27.0. The van der Waals surface area contributed by atoms with E-state index in [0.29, 0.717) is 19.5 Å². The van der Waals surface area contributed by atoms with Gasteiger partial charge in [-0.15, -0.1) is 0 Å². The molecule has 0 unspecified atom stereocenters. The van der Waals surface area contributed by atoms with Gasteiger partial charge in [0.05, 0.1) is 12.1 Å². The number of anilines is 2. The molecule has 5 nitrogen and oxygen atoms in total. The maximum absolute atomic E-state index is 5.13. The molecule has 2 aliphatic rings. The quantitative estimate of drug-likeness (QED) is 0.289. The fourth-order valence-electron chi connectivity index (χ4n) is 5.23. The Morgan fingerprint density at radius 3 is 2.33 bits per heavy atom. The number of aliphatic imine (C=N–C) groups is 1. The van der Waals surface area contributed by atoms with Crippen molar-refractivity contribution in [1.82, 2.24) is 9.97 Å². The van der Waals surface area contributed by atoms with Crippen LogP contribution in [0.4, 0.5) is 11.6 Å². The van der Waals surface area contributed by atoms with Gasteiger partial charge < -0.3 is 10.2 Å². The van der Waals surface area contributed by atoms with E-state index in [1.54, 1.807) is 0 Å². The summed E-state index contributed by atoms with van der Waals surface area (Å²) in [4.78, 5) is 17.3. The van der Waals surface area contributed by atoms with Crippen LogP contribution < -0.4 is 10.2 Å². The normalized spacial score (nSPS) is 16.2. The first-order chi connectivity index (χ1) is 20.5. The zero-order chi connectivity index (χ0) is 30.3. The number of nitrogens with zero attached hydrogens (tertiary/aromatic N) is 4. The maximum atomic E-state index is 5.13. The van der Waals surface area contributed by atoms with Crippen LogP contribution >= 0.6 is 0 Å². The van der Waals surface area contributed by atoms with Crippen LogP contribution in [0, 0.1) is 5.92 Å². The molecule has 1 saturated heterocycles. The molecule has 3 heterocycles. The van der Waals surface area contributed by atoms with Crippen molar-refractivity contribution in [3.63, 3.8) is 0 Å². The summed E-state index contributed by atoms with van der Waals surface area (Å²) < 4.78 is 0. The van der Waals surface area contributed by atoms with Crippen LogP contribution in [-0.4, -0.2) is 35.8 Å². The van der Waals surface area contributed by atoms with Crippen molar-refractivity contribution >= 4 is 28.6 Å². The van der Waals surface area contributed by atoms with E-state index < -0.39 is 0 Å². The summed E-state index contributed by atoms with van der Waals surface area (Å²) in [7, 11) is 0. The van der Waals surface area contributed by atoms with Crippen LogP contribution in [0.15, 0.2) is 71.3 Å². The Labute approximate surface area is 255 Å². The molecule has 0 aliphatic carbocycles. The first-order valence-corrected chi connectivity index (χ1v) is 16.2. The summed E-state index contributed by atoms with van der Waals surface area (Å²) in [5.41, 5.74) is 4.40. The predicted octanol–water partition coefficient (Wildman–Crippen LogP) is 9.57. The number of fused-ring (bicyclic) bond motifs is 2. The highest BCUT2D eigenvalue weighted by Gasteiger charge is 2.23. The van der Waals surface area contributed by atoms with E-state index in [4.69, 9.17) is 15.0 Å². The Balaban J connectivity index is 0.000000541. The van der Waals surface area contributed by atoms with Gasteiger partial charge in [0.25, 0.3) is 0 Å². The second kappa shape index (κ2) is 17.5. The predicted molar refractivity (Wildman–Crippen MR) is 184 cm³/mol. The van der Waals surface area contributed by atoms with Crippen molar-refractivity contribution in [2.24, 2.45) is 10.9 Å². The van der Waals surface area contributed by atoms with Crippen molar-refractivity contribution in [3.8, 4) is 0 Å². The molecule has 0 amide bonds. The molecule has 0 radical (unpaired) electrons. The van der Waals surface area contributed by atoms with E-state index in [1.807, 2.05) is 27.0 Å². The minimum atomic E-state index is 0.560. The molecule has 0 spiro atoms. The largest absolute Gasteiger partial charge is 0.366 e. The Morgan fingerprint density at radius 2 is 1.67 bits per heavy atom. The van der Waals surface area contributed by atoms with E-state index in [1.165, 1.54) is 54.9 Å². The number of unbranched alkanes of at least 4 members (excludes halogenated alkanes) is 3. The fourth-order valence-corrected chi connectivity index (χ4v) is 5.23. The molecule has 1 fully saturated rings. The lowest BCUT2D eigenvalue weighted by molar-refractivity contribution is 0.435. The summed E-state index contributed by atoms with van der Waals surface area (Å²) in [6.07, 6.45) is 12.7. The van der Waals surface area contributed by atoms with Gasteiger partial charge in [-0.25, -0.2) is 9.97 Å². The summed E-state index contributed by atoms with van der Waals surface area (Å²) >= 11 is 0. The summed E-state index contributed by atoms with van der Waals surface area (Å²) in [6.45, 7) is 20.2. The number of hydrogen-bond donors (Lipinski definition) is 1.